The average molecular weight is 370 g/mol. The molecule has 0 saturated heterocycles. The van der Waals surface area contributed by atoms with Gasteiger partial charge in [-0.3, -0.25) is 0 Å². The Labute approximate surface area is 156 Å². The number of aliphatic imine (C=N–C) groups is 2. The second-order valence-corrected chi connectivity index (χ2v) is 5.03. The Bertz CT molecular complexity index is 796. The zero-order valence-electron chi connectivity index (χ0n) is 14.5. The van der Waals surface area contributed by atoms with E-state index in [-0.39, 0.29) is 6.79 Å². The van der Waals surface area contributed by atoms with E-state index in [2.05, 4.69) is 9.98 Å². The van der Waals surface area contributed by atoms with E-state index in [9.17, 15) is 9.59 Å². The van der Waals surface area contributed by atoms with E-state index in [1.54, 1.807) is 48.5 Å². The molecule has 0 aliphatic rings. The van der Waals surface area contributed by atoms with Gasteiger partial charge in [0.05, 0.1) is 24.6 Å². The van der Waals surface area contributed by atoms with Crippen molar-refractivity contribution in [1.82, 2.24) is 0 Å². The number of isocyanates is 2. The summed E-state index contributed by atoms with van der Waals surface area (Å²) in [5.41, 5.74) is 1.00. The zero-order valence-corrected chi connectivity index (χ0v) is 14.5. The van der Waals surface area contributed by atoms with Gasteiger partial charge in [-0.25, -0.2) is 9.59 Å². The van der Waals surface area contributed by atoms with E-state index in [0.29, 0.717) is 49.3 Å². The smallest absolute Gasteiger partial charge is 0.240 e. The van der Waals surface area contributed by atoms with Gasteiger partial charge in [-0.15, -0.1) is 0 Å². The SMILES string of the molecule is O=C=Nc1ccc(OCCOCOCCOc2cccc(N=C=O)c2)cc1. The van der Waals surface area contributed by atoms with Crippen molar-refractivity contribution in [1.29, 1.82) is 0 Å². The zero-order chi connectivity index (χ0) is 19.2. The lowest BCUT2D eigenvalue weighted by atomic mass is 10.3. The molecule has 0 atom stereocenters. The highest BCUT2D eigenvalue weighted by molar-refractivity contribution is 5.51. The molecule has 0 aromatic heterocycles. The van der Waals surface area contributed by atoms with E-state index in [1.807, 2.05) is 0 Å². The summed E-state index contributed by atoms with van der Waals surface area (Å²) in [6.45, 7) is 1.53. The highest BCUT2D eigenvalue weighted by Crippen LogP contribution is 2.19. The molecule has 2 aromatic carbocycles. The molecule has 0 unspecified atom stereocenters. The van der Waals surface area contributed by atoms with Gasteiger partial charge < -0.3 is 18.9 Å². The van der Waals surface area contributed by atoms with Gasteiger partial charge in [-0.05, 0) is 36.4 Å². The molecular formula is C19H18N2O6. The van der Waals surface area contributed by atoms with Gasteiger partial charge in [-0.1, -0.05) is 6.07 Å². The van der Waals surface area contributed by atoms with Crippen LogP contribution >= 0.6 is 0 Å². The lowest BCUT2D eigenvalue weighted by molar-refractivity contribution is -0.0662. The first-order chi connectivity index (χ1) is 13.3. The van der Waals surface area contributed by atoms with E-state index in [0.717, 1.165) is 0 Å². The summed E-state index contributed by atoms with van der Waals surface area (Å²) in [4.78, 5) is 27.4. The number of ether oxygens (including phenoxy) is 4. The summed E-state index contributed by atoms with van der Waals surface area (Å²) in [5.74, 6) is 1.24. The van der Waals surface area contributed by atoms with Crippen LogP contribution in [0.5, 0.6) is 11.5 Å². The van der Waals surface area contributed by atoms with Crippen LogP contribution in [0.15, 0.2) is 58.5 Å². The molecule has 0 fully saturated rings. The highest BCUT2D eigenvalue weighted by atomic mass is 16.7. The van der Waals surface area contributed by atoms with Gasteiger partial charge in [-0.2, -0.15) is 9.98 Å². The minimum Gasteiger partial charge on any atom is -0.491 e. The molecule has 2 rings (SSSR count). The van der Waals surface area contributed by atoms with Crippen LogP contribution in [0.1, 0.15) is 0 Å². The van der Waals surface area contributed by atoms with E-state index in [4.69, 9.17) is 18.9 Å². The minimum absolute atomic E-state index is 0.120. The number of rotatable bonds is 12. The second-order valence-electron chi connectivity index (χ2n) is 5.03. The Balaban J connectivity index is 1.50. The van der Waals surface area contributed by atoms with Crippen LogP contribution in [-0.2, 0) is 19.1 Å². The number of nitrogens with zero attached hydrogens (tertiary/aromatic N) is 2. The van der Waals surface area contributed by atoms with Crippen molar-refractivity contribution >= 4 is 23.5 Å². The van der Waals surface area contributed by atoms with Crippen LogP contribution in [0.3, 0.4) is 0 Å². The van der Waals surface area contributed by atoms with Crippen LogP contribution in [0.2, 0.25) is 0 Å². The fourth-order valence-corrected chi connectivity index (χ4v) is 1.98. The molecule has 140 valence electrons. The molecule has 0 heterocycles. The highest BCUT2D eigenvalue weighted by Gasteiger charge is 1.97. The number of hydrogen-bond acceptors (Lipinski definition) is 8. The number of carbonyl (C=O) groups excluding carboxylic acids is 2. The molecule has 0 aliphatic heterocycles. The average Bonchev–Trinajstić information content (AvgIpc) is 2.69. The van der Waals surface area contributed by atoms with Gasteiger partial charge in [0.2, 0.25) is 12.2 Å². The maximum absolute atomic E-state index is 10.2. The summed E-state index contributed by atoms with van der Waals surface area (Å²) in [6.07, 6.45) is 2.95. The van der Waals surface area contributed by atoms with Crippen LogP contribution in [0.4, 0.5) is 11.4 Å². The Morgan fingerprint density at radius 1 is 0.704 bits per heavy atom. The fourth-order valence-electron chi connectivity index (χ4n) is 1.98. The molecule has 0 N–H and O–H groups in total. The first-order valence-corrected chi connectivity index (χ1v) is 8.09. The van der Waals surface area contributed by atoms with Crippen molar-refractivity contribution in [3.63, 3.8) is 0 Å². The van der Waals surface area contributed by atoms with Gasteiger partial charge in [0.15, 0.2) is 0 Å². The molecule has 0 saturated carbocycles. The van der Waals surface area contributed by atoms with Gasteiger partial charge in [0.25, 0.3) is 0 Å². The fraction of sp³-hybridized carbons (Fsp3) is 0.263. The predicted molar refractivity (Wildman–Crippen MR) is 96.2 cm³/mol. The minimum atomic E-state index is 0.120. The van der Waals surface area contributed by atoms with E-state index in [1.165, 1.54) is 12.2 Å². The first-order valence-electron chi connectivity index (χ1n) is 8.09. The molecule has 2 aromatic rings. The molecule has 0 radical (unpaired) electrons. The van der Waals surface area contributed by atoms with E-state index < -0.39 is 0 Å². The lowest BCUT2D eigenvalue weighted by Crippen LogP contribution is -2.12. The lowest BCUT2D eigenvalue weighted by Gasteiger charge is -2.09. The van der Waals surface area contributed by atoms with Gasteiger partial charge >= 0.3 is 0 Å². The van der Waals surface area contributed by atoms with Crippen molar-refractivity contribution in [2.45, 2.75) is 0 Å². The van der Waals surface area contributed by atoms with Crippen LogP contribution < -0.4 is 9.47 Å². The maximum atomic E-state index is 10.2. The van der Waals surface area contributed by atoms with Gasteiger partial charge in [0.1, 0.15) is 31.5 Å². The monoisotopic (exact) mass is 370 g/mol. The van der Waals surface area contributed by atoms with E-state index >= 15 is 0 Å². The Hall–Kier alpha value is -3.28. The number of benzene rings is 2. The molecule has 8 heteroatoms. The van der Waals surface area contributed by atoms with Crippen molar-refractivity contribution in [3.8, 4) is 11.5 Å². The standard InChI is InChI=1S/C19H18N2O6/c22-13-20-16-4-6-18(7-5-16)26-10-8-24-15-25-9-11-27-19-3-1-2-17(12-19)21-14-23/h1-7,12H,8-11,15H2. The molecule has 0 spiro atoms. The van der Waals surface area contributed by atoms with Crippen molar-refractivity contribution in [2.75, 3.05) is 33.2 Å². The van der Waals surface area contributed by atoms with Crippen molar-refractivity contribution in [2.24, 2.45) is 9.98 Å². The van der Waals surface area contributed by atoms with Crippen LogP contribution in [0, 0.1) is 0 Å². The van der Waals surface area contributed by atoms with Crippen molar-refractivity contribution < 1.29 is 28.5 Å². The Morgan fingerprint density at radius 3 is 2.00 bits per heavy atom. The third kappa shape index (κ3) is 8.09. The topological polar surface area (TPSA) is 95.8 Å². The third-order valence-corrected chi connectivity index (χ3v) is 3.16. The van der Waals surface area contributed by atoms with Crippen molar-refractivity contribution in [3.05, 3.63) is 48.5 Å². The molecule has 0 amide bonds. The summed E-state index contributed by atoms with van der Waals surface area (Å²) < 4.78 is 21.5. The molecule has 0 bridgehead atoms. The molecule has 0 aliphatic carbocycles. The van der Waals surface area contributed by atoms with Crippen LogP contribution in [-0.4, -0.2) is 45.4 Å². The Morgan fingerprint density at radius 2 is 1.33 bits per heavy atom. The normalized spacial score (nSPS) is 9.78. The van der Waals surface area contributed by atoms with Crippen LogP contribution in [0.25, 0.3) is 0 Å². The summed E-state index contributed by atoms with van der Waals surface area (Å²) in [5, 5.41) is 0. The predicted octanol–water partition coefficient (Wildman–Crippen LogP) is 3.07. The molecule has 8 nitrogen and oxygen atoms in total. The number of hydrogen-bond donors (Lipinski definition) is 0. The summed E-state index contributed by atoms with van der Waals surface area (Å²) in [7, 11) is 0. The summed E-state index contributed by atoms with van der Waals surface area (Å²) in [6, 6.07) is 13.5. The quantitative estimate of drug-likeness (QED) is 0.247. The van der Waals surface area contributed by atoms with Gasteiger partial charge in [0, 0.05) is 6.07 Å². The third-order valence-electron chi connectivity index (χ3n) is 3.16. The molecular weight excluding hydrogens is 352 g/mol. The second kappa shape index (κ2) is 12.1. The largest absolute Gasteiger partial charge is 0.491 e. The first kappa shape index (κ1) is 20.0. The summed E-state index contributed by atoms with van der Waals surface area (Å²) >= 11 is 0. The Kier molecular flexibility index (Phi) is 9.01. The molecule has 27 heavy (non-hydrogen) atoms. The maximum Gasteiger partial charge on any atom is 0.240 e.